The SMILES string of the molecule is COc1cn2ncc(C#N)c(Oc3ccc(NC(=S)CC(=O)Cc4ccccc4)cc3F)c2c1C. The first-order valence-electron chi connectivity index (χ1n) is 10.7. The fourth-order valence-corrected chi connectivity index (χ4v) is 3.94. The molecule has 176 valence electrons. The van der Waals surface area contributed by atoms with Crippen LogP contribution in [0.1, 0.15) is 23.1 Å². The Kier molecular flexibility index (Phi) is 7.03. The maximum Gasteiger partial charge on any atom is 0.173 e. The number of anilines is 1. The van der Waals surface area contributed by atoms with E-state index in [4.69, 9.17) is 21.7 Å². The zero-order valence-corrected chi connectivity index (χ0v) is 19.9. The van der Waals surface area contributed by atoms with Crippen molar-refractivity contribution in [1.29, 1.82) is 5.26 Å². The maximum absolute atomic E-state index is 14.9. The maximum atomic E-state index is 14.9. The summed E-state index contributed by atoms with van der Waals surface area (Å²) in [6.45, 7) is 1.80. The fraction of sp³-hybridized carbons (Fsp3) is 0.154. The lowest BCUT2D eigenvalue weighted by molar-refractivity contribution is -0.117. The van der Waals surface area contributed by atoms with Gasteiger partial charge in [0.15, 0.2) is 17.3 Å². The Balaban J connectivity index is 1.50. The third-order valence-electron chi connectivity index (χ3n) is 5.33. The second kappa shape index (κ2) is 10.3. The quantitative estimate of drug-likeness (QED) is 0.332. The number of nitrogens with zero attached hydrogens (tertiary/aromatic N) is 3. The van der Waals surface area contributed by atoms with Crippen LogP contribution >= 0.6 is 12.2 Å². The van der Waals surface area contributed by atoms with Crippen molar-refractivity contribution in [3.05, 3.63) is 83.4 Å². The van der Waals surface area contributed by atoms with Crippen LogP contribution in [0, 0.1) is 24.1 Å². The first kappa shape index (κ1) is 23.9. The van der Waals surface area contributed by atoms with Crippen LogP contribution in [0.3, 0.4) is 0 Å². The fourth-order valence-electron chi connectivity index (χ4n) is 3.66. The molecule has 0 fully saturated rings. The highest BCUT2D eigenvalue weighted by Gasteiger charge is 2.19. The van der Waals surface area contributed by atoms with E-state index in [0.717, 1.165) is 5.56 Å². The molecule has 1 N–H and O–H groups in total. The van der Waals surface area contributed by atoms with E-state index in [1.807, 2.05) is 36.4 Å². The molecule has 0 unspecified atom stereocenters. The molecule has 2 aromatic heterocycles. The van der Waals surface area contributed by atoms with Gasteiger partial charge in [0.2, 0.25) is 0 Å². The molecule has 0 radical (unpaired) electrons. The number of halogens is 1. The first-order valence-corrected chi connectivity index (χ1v) is 11.1. The Morgan fingerprint density at radius 1 is 1.23 bits per heavy atom. The predicted octanol–water partition coefficient (Wildman–Crippen LogP) is 5.40. The van der Waals surface area contributed by atoms with Crippen LogP contribution in [-0.2, 0) is 11.2 Å². The number of fused-ring (bicyclic) bond motifs is 1. The number of methoxy groups -OCH3 is 1. The minimum absolute atomic E-state index is 0.0416. The average molecular weight is 489 g/mol. The van der Waals surface area contributed by atoms with Crippen LogP contribution in [0.4, 0.5) is 10.1 Å². The molecule has 0 amide bonds. The molecule has 7 nitrogen and oxygen atoms in total. The Hall–Kier alpha value is -4.29. The molecule has 0 saturated carbocycles. The smallest absolute Gasteiger partial charge is 0.173 e. The molecule has 0 saturated heterocycles. The van der Waals surface area contributed by atoms with Gasteiger partial charge in [-0.25, -0.2) is 8.91 Å². The van der Waals surface area contributed by atoms with Gasteiger partial charge in [0.1, 0.15) is 28.7 Å². The largest absolute Gasteiger partial charge is 0.495 e. The van der Waals surface area contributed by atoms with Crippen molar-refractivity contribution in [2.45, 2.75) is 19.8 Å². The highest BCUT2D eigenvalue weighted by molar-refractivity contribution is 7.80. The molecular formula is C26H21FN4O3S. The number of carbonyl (C=O) groups excluding carboxylic acids is 1. The Morgan fingerprint density at radius 3 is 2.69 bits per heavy atom. The van der Waals surface area contributed by atoms with E-state index in [1.54, 1.807) is 19.2 Å². The van der Waals surface area contributed by atoms with Crippen molar-refractivity contribution in [2.75, 3.05) is 12.4 Å². The van der Waals surface area contributed by atoms with Crippen molar-refractivity contribution >= 4 is 34.2 Å². The minimum atomic E-state index is -0.663. The Morgan fingerprint density at radius 2 is 2.00 bits per heavy atom. The highest BCUT2D eigenvalue weighted by atomic mass is 32.1. The molecule has 0 aliphatic heterocycles. The molecule has 0 aliphatic carbocycles. The van der Waals surface area contributed by atoms with Crippen LogP contribution in [-0.4, -0.2) is 27.5 Å². The zero-order valence-electron chi connectivity index (χ0n) is 19.0. The summed E-state index contributed by atoms with van der Waals surface area (Å²) < 4.78 is 27.6. The molecular weight excluding hydrogens is 467 g/mol. The van der Waals surface area contributed by atoms with Gasteiger partial charge >= 0.3 is 0 Å². The number of rotatable bonds is 8. The lowest BCUT2D eigenvalue weighted by Gasteiger charge is -2.12. The van der Waals surface area contributed by atoms with Gasteiger partial charge in [0.05, 0.1) is 30.9 Å². The van der Waals surface area contributed by atoms with Crippen molar-refractivity contribution in [3.63, 3.8) is 0 Å². The van der Waals surface area contributed by atoms with E-state index >= 15 is 0 Å². The number of Topliss-reactive ketones (excluding diaryl/α,β-unsaturated/α-hetero) is 1. The van der Waals surface area contributed by atoms with E-state index in [9.17, 15) is 14.4 Å². The van der Waals surface area contributed by atoms with E-state index in [0.29, 0.717) is 22.5 Å². The Bertz CT molecular complexity index is 1460. The minimum Gasteiger partial charge on any atom is -0.495 e. The number of nitrogens with one attached hydrogen (secondary N) is 1. The van der Waals surface area contributed by atoms with Crippen LogP contribution in [0.15, 0.2) is 60.9 Å². The molecule has 2 aromatic carbocycles. The lowest BCUT2D eigenvalue weighted by atomic mass is 10.1. The molecule has 4 rings (SSSR count). The number of aryl methyl sites for hydroxylation is 1. The van der Waals surface area contributed by atoms with Crippen LogP contribution in [0.25, 0.3) is 5.52 Å². The number of ether oxygens (including phenoxy) is 2. The van der Waals surface area contributed by atoms with E-state index in [1.165, 1.54) is 30.0 Å². The standard InChI is InChI=1S/C26H21FN4O3S/c1-16-23(33-2)15-31-25(16)26(18(13-28)14-29-31)34-22-9-8-19(11-21(22)27)30-24(35)12-20(32)10-17-6-4-3-5-7-17/h3-9,11,14-15H,10,12H2,1-2H3,(H,30,35). The van der Waals surface area contributed by atoms with E-state index < -0.39 is 5.82 Å². The summed E-state index contributed by atoms with van der Waals surface area (Å²) in [5, 5.41) is 16.6. The molecule has 9 heteroatoms. The van der Waals surface area contributed by atoms with E-state index in [2.05, 4.69) is 10.4 Å². The number of hydrogen-bond donors (Lipinski definition) is 1. The van der Waals surface area contributed by atoms with Crippen LogP contribution in [0.5, 0.6) is 17.2 Å². The van der Waals surface area contributed by atoms with Gasteiger partial charge in [-0.15, -0.1) is 0 Å². The van der Waals surface area contributed by atoms with E-state index in [-0.39, 0.29) is 40.7 Å². The summed E-state index contributed by atoms with van der Waals surface area (Å²) in [4.78, 5) is 12.6. The summed E-state index contributed by atoms with van der Waals surface area (Å²) in [5.74, 6) is -0.0511. The molecule has 2 heterocycles. The molecule has 4 aromatic rings. The molecule has 0 atom stereocenters. The number of thiocarbonyl (C=S) groups is 1. The third-order valence-corrected chi connectivity index (χ3v) is 5.58. The second-order valence-electron chi connectivity index (χ2n) is 7.79. The van der Waals surface area contributed by atoms with Gasteiger partial charge in [0, 0.05) is 23.7 Å². The summed E-state index contributed by atoms with van der Waals surface area (Å²) in [6.07, 6.45) is 3.32. The zero-order chi connectivity index (χ0) is 24.9. The van der Waals surface area contributed by atoms with Crippen molar-refractivity contribution < 1.29 is 18.7 Å². The highest BCUT2D eigenvalue weighted by Crippen LogP contribution is 2.36. The predicted molar refractivity (Wildman–Crippen MR) is 134 cm³/mol. The molecule has 35 heavy (non-hydrogen) atoms. The summed E-state index contributed by atoms with van der Waals surface area (Å²) in [5.41, 5.74) is 2.65. The van der Waals surface area contributed by atoms with Gasteiger partial charge in [-0.3, -0.25) is 4.79 Å². The van der Waals surface area contributed by atoms with Crippen molar-refractivity contribution in [2.24, 2.45) is 0 Å². The topological polar surface area (TPSA) is 88.7 Å². The first-order chi connectivity index (χ1) is 16.9. The Labute approximate surface area is 206 Å². The van der Waals surface area contributed by atoms with Gasteiger partial charge in [-0.1, -0.05) is 42.5 Å². The average Bonchev–Trinajstić information content (AvgIpc) is 3.17. The van der Waals surface area contributed by atoms with Gasteiger partial charge in [-0.2, -0.15) is 10.4 Å². The molecule has 0 aliphatic rings. The number of benzene rings is 2. The number of ketones is 1. The van der Waals surface area contributed by atoms with Gasteiger partial charge < -0.3 is 14.8 Å². The second-order valence-corrected chi connectivity index (χ2v) is 8.28. The van der Waals surface area contributed by atoms with Gasteiger partial charge in [0.25, 0.3) is 0 Å². The van der Waals surface area contributed by atoms with Crippen molar-refractivity contribution in [1.82, 2.24) is 9.61 Å². The van der Waals surface area contributed by atoms with Crippen LogP contribution in [0.2, 0.25) is 0 Å². The van der Waals surface area contributed by atoms with Crippen molar-refractivity contribution in [3.8, 4) is 23.3 Å². The summed E-state index contributed by atoms with van der Waals surface area (Å²) >= 11 is 5.28. The summed E-state index contributed by atoms with van der Waals surface area (Å²) in [6, 6.07) is 15.7. The number of aromatic nitrogens is 2. The monoisotopic (exact) mass is 488 g/mol. The number of nitriles is 1. The molecule has 0 spiro atoms. The number of hydrogen-bond acceptors (Lipinski definition) is 6. The normalized spacial score (nSPS) is 10.6. The summed E-state index contributed by atoms with van der Waals surface area (Å²) in [7, 11) is 1.53. The molecule has 0 bridgehead atoms. The third kappa shape index (κ3) is 5.28. The number of carbonyl (C=O) groups is 1. The van der Waals surface area contributed by atoms with Gasteiger partial charge in [-0.05, 0) is 24.6 Å². The lowest BCUT2D eigenvalue weighted by Crippen LogP contribution is -2.16. The van der Waals surface area contributed by atoms with Crippen LogP contribution < -0.4 is 14.8 Å².